The lowest BCUT2D eigenvalue weighted by Gasteiger charge is -2.17. The van der Waals surface area contributed by atoms with Gasteiger partial charge in [-0.25, -0.2) is 0 Å². The first-order valence-corrected chi connectivity index (χ1v) is 7.20. The molecule has 1 aromatic carbocycles. The highest BCUT2D eigenvalue weighted by Gasteiger charge is 2.14. The summed E-state index contributed by atoms with van der Waals surface area (Å²) < 4.78 is 33.6. The molecule has 0 amide bonds. The van der Waals surface area contributed by atoms with Gasteiger partial charge in [0.2, 0.25) is 0 Å². The Bertz CT molecular complexity index is 523. The smallest absolute Gasteiger partial charge is 0.296 e. The Labute approximate surface area is 107 Å². The average molecular weight is 268 g/mol. The molecular formula is C13H16O4S. The average Bonchev–Trinajstić information content (AvgIpc) is 2.27. The molecule has 0 saturated carbocycles. The SMILES string of the molecule is Cc1ccc(S(=O)(=O)OCCC=C2COC2)cc1. The summed E-state index contributed by atoms with van der Waals surface area (Å²) in [7, 11) is -3.62. The first-order valence-electron chi connectivity index (χ1n) is 5.80. The Morgan fingerprint density at radius 1 is 1.28 bits per heavy atom. The van der Waals surface area contributed by atoms with Gasteiger partial charge in [-0.3, -0.25) is 4.18 Å². The molecule has 1 aliphatic heterocycles. The van der Waals surface area contributed by atoms with Crippen molar-refractivity contribution < 1.29 is 17.3 Å². The van der Waals surface area contributed by atoms with Crippen LogP contribution in [0.2, 0.25) is 0 Å². The van der Waals surface area contributed by atoms with Gasteiger partial charge in [0.05, 0.1) is 24.7 Å². The maximum atomic E-state index is 11.8. The molecule has 0 spiro atoms. The van der Waals surface area contributed by atoms with Gasteiger partial charge in [-0.2, -0.15) is 8.42 Å². The fourth-order valence-corrected chi connectivity index (χ4v) is 2.45. The van der Waals surface area contributed by atoms with Gasteiger partial charge in [0.25, 0.3) is 10.1 Å². The number of hydrogen-bond acceptors (Lipinski definition) is 4. The maximum absolute atomic E-state index is 11.8. The maximum Gasteiger partial charge on any atom is 0.296 e. The lowest BCUT2D eigenvalue weighted by molar-refractivity contribution is 0.102. The van der Waals surface area contributed by atoms with Crippen molar-refractivity contribution in [1.29, 1.82) is 0 Å². The van der Waals surface area contributed by atoms with Gasteiger partial charge in [0, 0.05) is 0 Å². The van der Waals surface area contributed by atoms with Crippen LogP contribution in [0.3, 0.4) is 0 Å². The van der Waals surface area contributed by atoms with Crippen LogP contribution in [-0.4, -0.2) is 28.2 Å². The molecule has 4 nitrogen and oxygen atoms in total. The van der Waals surface area contributed by atoms with Crippen LogP contribution in [0, 0.1) is 6.92 Å². The minimum Gasteiger partial charge on any atom is -0.373 e. The van der Waals surface area contributed by atoms with Gasteiger partial charge in [0.15, 0.2) is 0 Å². The summed E-state index contributed by atoms with van der Waals surface area (Å²) in [6, 6.07) is 6.62. The molecular weight excluding hydrogens is 252 g/mol. The number of aryl methyl sites for hydroxylation is 1. The minimum absolute atomic E-state index is 0.166. The quantitative estimate of drug-likeness (QED) is 0.466. The molecule has 0 bridgehead atoms. The Morgan fingerprint density at radius 2 is 1.94 bits per heavy atom. The Balaban J connectivity index is 1.88. The second kappa shape index (κ2) is 5.65. The zero-order chi connectivity index (χ0) is 13.0. The van der Waals surface area contributed by atoms with Crippen molar-refractivity contribution in [2.75, 3.05) is 19.8 Å². The van der Waals surface area contributed by atoms with Gasteiger partial charge in [-0.15, -0.1) is 0 Å². The third-order valence-electron chi connectivity index (χ3n) is 2.67. The van der Waals surface area contributed by atoms with Crippen LogP contribution in [0.4, 0.5) is 0 Å². The number of rotatable bonds is 5. The van der Waals surface area contributed by atoms with E-state index in [1.165, 1.54) is 5.57 Å². The molecule has 0 aromatic heterocycles. The highest BCUT2D eigenvalue weighted by atomic mass is 32.2. The summed E-state index contributed by atoms with van der Waals surface area (Å²) in [6.45, 7) is 3.39. The van der Waals surface area contributed by atoms with Crippen molar-refractivity contribution in [1.82, 2.24) is 0 Å². The van der Waals surface area contributed by atoms with E-state index in [4.69, 9.17) is 8.92 Å². The van der Waals surface area contributed by atoms with Crippen molar-refractivity contribution in [3.8, 4) is 0 Å². The fraction of sp³-hybridized carbons (Fsp3) is 0.385. The second-order valence-electron chi connectivity index (χ2n) is 4.23. The van der Waals surface area contributed by atoms with Crippen molar-refractivity contribution in [2.45, 2.75) is 18.2 Å². The summed E-state index contributed by atoms with van der Waals surface area (Å²) in [6.07, 6.45) is 2.55. The highest BCUT2D eigenvalue weighted by molar-refractivity contribution is 7.86. The summed E-state index contributed by atoms with van der Waals surface area (Å²) in [5.74, 6) is 0. The van der Waals surface area contributed by atoms with Crippen LogP contribution in [0.15, 0.2) is 40.8 Å². The van der Waals surface area contributed by atoms with E-state index in [1.54, 1.807) is 24.3 Å². The van der Waals surface area contributed by atoms with E-state index in [2.05, 4.69) is 0 Å². The van der Waals surface area contributed by atoms with Crippen LogP contribution < -0.4 is 0 Å². The third-order valence-corrected chi connectivity index (χ3v) is 4.00. The highest BCUT2D eigenvalue weighted by Crippen LogP contribution is 2.14. The normalized spacial score (nSPS) is 15.3. The standard InChI is InChI=1S/C13H16O4S/c1-11-4-6-13(7-5-11)18(14,15)17-8-2-3-12-9-16-10-12/h3-7H,2,8-10H2,1H3. The van der Waals surface area contributed by atoms with Crippen molar-refractivity contribution >= 4 is 10.1 Å². The minimum atomic E-state index is -3.62. The zero-order valence-corrected chi connectivity index (χ0v) is 11.1. The van der Waals surface area contributed by atoms with E-state index in [1.807, 2.05) is 13.0 Å². The topological polar surface area (TPSA) is 52.6 Å². The first-order chi connectivity index (χ1) is 8.58. The number of benzene rings is 1. The first kappa shape index (κ1) is 13.3. The van der Waals surface area contributed by atoms with E-state index in [0.29, 0.717) is 19.6 Å². The zero-order valence-electron chi connectivity index (χ0n) is 10.3. The van der Waals surface area contributed by atoms with Crippen molar-refractivity contribution in [2.24, 2.45) is 0 Å². The lowest BCUT2D eigenvalue weighted by atomic mass is 10.2. The number of ether oxygens (including phenoxy) is 1. The number of hydrogen-bond donors (Lipinski definition) is 0. The molecule has 0 radical (unpaired) electrons. The van der Waals surface area contributed by atoms with Gasteiger partial charge in [0.1, 0.15) is 0 Å². The van der Waals surface area contributed by atoms with E-state index in [0.717, 1.165) is 5.56 Å². The molecule has 18 heavy (non-hydrogen) atoms. The van der Waals surface area contributed by atoms with Crippen LogP contribution in [0.1, 0.15) is 12.0 Å². The lowest BCUT2D eigenvalue weighted by Crippen LogP contribution is -2.16. The van der Waals surface area contributed by atoms with Crippen LogP contribution >= 0.6 is 0 Å². The molecule has 1 heterocycles. The molecule has 2 rings (SSSR count). The Kier molecular flexibility index (Phi) is 4.16. The molecule has 0 N–H and O–H groups in total. The van der Waals surface area contributed by atoms with Crippen LogP contribution in [0.25, 0.3) is 0 Å². The molecule has 98 valence electrons. The van der Waals surface area contributed by atoms with E-state index in [9.17, 15) is 8.42 Å². The molecule has 0 unspecified atom stereocenters. The Hall–Kier alpha value is -1.17. The summed E-state index contributed by atoms with van der Waals surface area (Å²) in [5, 5.41) is 0. The van der Waals surface area contributed by atoms with Crippen molar-refractivity contribution in [3.63, 3.8) is 0 Å². The summed E-state index contributed by atoms with van der Waals surface area (Å²) >= 11 is 0. The Morgan fingerprint density at radius 3 is 2.50 bits per heavy atom. The van der Waals surface area contributed by atoms with E-state index in [-0.39, 0.29) is 11.5 Å². The third kappa shape index (κ3) is 3.41. The van der Waals surface area contributed by atoms with Crippen LogP contribution in [-0.2, 0) is 19.0 Å². The van der Waals surface area contributed by atoms with Gasteiger partial charge in [-0.1, -0.05) is 23.8 Å². The van der Waals surface area contributed by atoms with Gasteiger partial charge < -0.3 is 4.74 Å². The summed E-state index contributed by atoms with van der Waals surface area (Å²) in [5.41, 5.74) is 2.22. The largest absolute Gasteiger partial charge is 0.373 e. The monoisotopic (exact) mass is 268 g/mol. The van der Waals surface area contributed by atoms with Crippen LogP contribution in [0.5, 0.6) is 0 Å². The predicted octanol–water partition coefficient (Wildman–Crippen LogP) is 2.05. The van der Waals surface area contributed by atoms with E-state index < -0.39 is 10.1 Å². The molecule has 1 aliphatic rings. The molecule has 0 atom stereocenters. The van der Waals surface area contributed by atoms with E-state index >= 15 is 0 Å². The molecule has 0 aliphatic carbocycles. The molecule has 1 aromatic rings. The van der Waals surface area contributed by atoms with Gasteiger partial charge >= 0.3 is 0 Å². The molecule has 1 fully saturated rings. The molecule has 5 heteroatoms. The fourth-order valence-electron chi connectivity index (χ4n) is 1.53. The van der Waals surface area contributed by atoms with Crippen molar-refractivity contribution in [3.05, 3.63) is 41.5 Å². The summed E-state index contributed by atoms with van der Waals surface area (Å²) in [4.78, 5) is 0.202. The molecule has 1 saturated heterocycles. The second-order valence-corrected chi connectivity index (χ2v) is 5.85. The predicted molar refractivity (Wildman–Crippen MR) is 67.8 cm³/mol. The van der Waals surface area contributed by atoms with Gasteiger partial charge in [-0.05, 0) is 31.1 Å².